The lowest BCUT2D eigenvalue weighted by atomic mass is 10.4. The molecule has 26 heavy (non-hydrogen) atoms. The van der Waals surface area contributed by atoms with Gasteiger partial charge < -0.3 is 19.3 Å². The van der Waals surface area contributed by atoms with E-state index in [0.717, 1.165) is 0 Å². The van der Waals surface area contributed by atoms with E-state index < -0.39 is 7.60 Å². The zero-order valence-corrected chi connectivity index (χ0v) is 15.5. The largest absolute Gasteiger partial charge is 0.382 e. The first-order valence-electron chi connectivity index (χ1n) is 8.23. The molecule has 0 spiro atoms. The maximum Gasteiger partial charge on any atom is 0.332 e. The molecule has 3 rings (SSSR count). The third kappa shape index (κ3) is 4.06. The first-order valence-corrected chi connectivity index (χ1v) is 9.96. The van der Waals surface area contributed by atoms with Crippen LogP contribution in [0.2, 0.25) is 0 Å². The highest BCUT2D eigenvalue weighted by molar-refractivity contribution is 7.53. The van der Waals surface area contributed by atoms with Gasteiger partial charge >= 0.3 is 7.60 Å². The van der Waals surface area contributed by atoms with Crippen molar-refractivity contribution in [3.05, 3.63) is 24.5 Å². The molecule has 0 aliphatic carbocycles. The Morgan fingerprint density at radius 3 is 2.69 bits per heavy atom. The molecule has 3 aromatic rings. The summed E-state index contributed by atoms with van der Waals surface area (Å²) in [6.07, 6.45) is 5.03. The average molecular weight is 380 g/mol. The first kappa shape index (κ1) is 18.4. The molecule has 0 bridgehead atoms. The SMILES string of the molecule is CCOP(=O)(CCn1cc(Cn2cnc3c(N)ncnc32)nn1)OCC. The average Bonchev–Trinajstić information content (AvgIpc) is 3.22. The van der Waals surface area contributed by atoms with Crippen LogP contribution in [-0.2, 0) is 26.7 Å². The van der Waals surface area contributed by atoms with Gasteiger partial charge in [-0.1, -0.05) is 5.21 Å². The van der Waals surface area contributed by atoms with E-state index in [4.69, 9.17) is 14.8 Å². The predicted molar refractivity (Wildman–Crippen MR) is 94.6 cm³/mol. The number of aromatic nitrogens is 7. The lowest BCUT2D eigenvalue weighted by molar-refractivity contribution is 0.218. The molecule has 0 aromatic carbocycles. The highest BCUT2D eigenvalue weighted by Crippen LogP contribution is 2.47. The molecule has 2 N–H and O–H groups in total. The summed E-state index contributed by atoms with van der Waals surface area (Å²) in [5, 5.41) is 8.19. The second kappa shape index (κ2) is 7.90. The Kier molecular flexibility index (Phi) is 5.60. The molecule has 0 aliphatic rings. The number of anilines is 1. The molecule has 0 saturated heterocycles. The Bertz CT molecular complexity index is 914. The fourth-order valence-electron chi connectivity index (χ4n) is 2.49. The number of nitrogens with zero attached hydrogens (tertiary/aromatic N) is 7. The standard InChI is InChI=1S/C14H21N8O3P/c1-3-24-26(23,25-4-2)6-5-22-8-11(19-20-22)7-21-10-18-12-13(15)16-9-17-14(12)21/h8-10H,3-7H2,1-2H3,(H2,15,16,17). The summed E-state index contributed by atoms with van der Waals surface area (Å²) in [4.78, 5) is 12.3. The Hall–Kier alpha value is -2.36. The number of imidazole rings is 1. The summed E-state index contributed by atoms with van der Waals surface area (Å²) in [5.74, 6) is 0.333. The fourth-order valence-corrected chi connectivity index (χ4v) is 4.06. The van der Waals surface area contributed by atoms with E-state index in [1.165, 1.54) is 6.33 Å². The minimum absolute atomic E-state index is 0.231. The van der Waals surface area contributed by atoms with Crippen molar-refractivity contribution in [3.63, 3.8) is 0 Å². The molecule has 12 heteroatoms. The van der Waals surface area contributed by atoms with E-state index in [1.807, 2.05) is 4.57 Å². The lowest BCUT2D eigenvalue weighted by Crippen LogP contribution is -2.08. The Labute approximate surface area is 150 Å². The zero-order chi connectivity index (χ0) is 18.6. The van der Waals surface area contributed by atoms with Gasteiger partial charge in [-0.3, -0.25) is 9.25 Å². The van der Waals surface area contributed by atoms with Crippen LogP contribution < -0.4 is 5.73 Å². The summed E-state index contributed by atoms with van der Waals surface area (Å²) in [7, 11) is -3.10. The van der Waals surface area contributed by atoms with Crippen molar-refractivity contribution in [1.29, 1.82) is 0 Å². The summed E-state index contributed by atoms with van der Waals surface area (Å²) >= 11 is 0. The zero-order valence-electron chi connectivity index (χ0n) is 14.6. The minimum atomic E-state index is -3.10. The van der Waals surface area contributed by atoms with Gasteiger partial charge in [0.1, 0.15) is 17.5 Å². The number of fused-ring (bicyclic) bond motifs is 1. The quantitative estimate of drug-likeness (QED) is 0.545. The van der Waals surface area contributed by atoms with Crippen molar-refractivity contribution in [1.82, 2.24) is 34.5 Å². The molecule has 11 nitrogen and oxygen atoms in total. The van der Waals surface area contributed by atoms with Crippen molar-refractivity contribution >= 4 is 24.6 Å². The van der Waals surface area contributed by atoms with Gasteiger partial charge in [0.15, 0.2) is 11.5 Å². The van der Waals surface area contributed by atoms with Crippen LogP contribution in [0.3, 0.4) is 0 Å². The van der Waals surface area contributed by atoms with Gasteiger partial charge in [0.05, 0.1) is 45.0 Å². The van der Waals surface area contributed by atoms with E-state index in [-0.39, 0.29) is 6.16 Å². The van der Waals surface area contributed by atoms with Gasteiger partial charge in [0.2, 0.25) is 0 Å². The van der Waals surface area contributed by atoms with Crippen LogP contribution in [0.5, 0.6) is 0 Å². The van der Waals surface area contributed by atoms with Crippen molar-refractivity contribution in [3.8, 4) is 0 Å². The fraction of sp³-hybridized carbons (Fsp3) is 0.500. The predicted octanol–water partition coefficient (Wildman–Crippen LogP) is 1.31. The van der Waals surface area contributed by atoms with Crippen molar-refractivity contribution in [2.24, 2.45) is 0 Å². The number of nitrogen functional groups attached to an aromatic ring is 1. The molecule has 0 aliphatic heterocycles. The minimum Gasteiger partial charge on any atom is -0.382 e. The molecule has 3 aromatic heterocycles. The maximum atomic E-state index is 12.5. The van der Waals surface area contributed by atoms with Gasteiger partial charge in [0.25, 0.3) is 0 Å². The van der Waals surface area contributed by atoms with E-state index in [0.29, 0.717) is 49.0 Å². The van der Waals surface area contributed by atoms with Gasteiger partial charge in [-0.05, 0) is 13.8 Å². The summed E-state index contributed by atoms with van der Waals surface area (Å²) in [5.41, 5.74) is 7.68. The maximum absolute atomic E-state index is 12.5. The van der Waals surface area contributed by atoms with E-state index in [2.05, 4.69) is 25.3 Å². The van der Waals surface area contributed by atoms with Crippen LogP contribution >= 0.6 is 7.60 Å². The van der Waals surface area contributed by atoms with Gasteiger partial charge in [-0.2, -0.15) is 0 Å². The molecular formula is C14H21N8O3P. The second-order valence-corrected chi connectivity index (χ2v) is 7.63. The Morgan fingerprint density at radius 1 is 1.19 bits per heavy atom. The van der Waals surface area contributed by atoms with E-state index in [9.17, 15) is 4.57 Å². The molecule has 0 saturated carbocycles. The topological polar surface area (TPSA) is 136 Å². The molecule has 0 amide bonds. The van der Waals surface area contributed by atoms with Gasteiger partial charge in [-0.15, -0.1) is 5.10 Å². The number of hydrogen-bond donors (Lipinski definition) is 1. The van der Waals surface area contributed by atoms with Crippen molar-refractivity contribution < 1.29 is 13.6 Å². The van der Waals surface area contributed by atoms with Gasteiger partial charge in [0, 0.05) is 0 Å². The summed E-state index contributed by atoms with van der Waals surface area (Å²) in [6, 6.07) is 0. The Morgan fingerprint density at radius 2 is 1.96 bits per heavy atom. The number of rotatable bonds is 9. The number of aryl methyl sites for hydroxylation is 1. The van der Waals surface area contributed by atoms with Crippen LogP contribution in [0.4, 0.5) is 5.82 Å². The third-order valence-electron chi connectivity index (χ3n) is 3.60. The molecule has 0 atom stereocenters. The van der Waals surface area contributed by atoms with Crippen molar-refractivity contribution in [2.45, 2.75) is 26.9 Å². The van der Waals surface area contributed by atoms with Crippen LogP contribution in [0.15, 0.2) is 18.9 Å². The molecule has 0 fully saturated rings. The molecule has 0 unspecified atom stereocenters. The first-order chi connectivity index (χ1) is 12.5. The smallest absolute Gasteiger partial charge is 0.332 e. The third-order valence-corrected chi connectivity index (χ3v) is 5.65. The molecular weight excluding hydrogens is 359 g/mol. The van der Waals surface area contributed by atoms with Crippen LogP contribution in [0.1, 0.15) is 19.5 Å². The highest BCUT2D eigenvalue weighted by atomic mass is 31.2. The lowest BCUT2D eigenvalue weighted by Gasteiger charge is -2.16. The number of nitrogens with two attached hydrogens (primary N) is 1. The molecule has 0 radical (unpaired) electrons. The van der Waals surface area contributed by atoms with Crippen molar-refractivity contribution in [2.75, 3.05) is 25.1 Å². The molecule has 140 valence electrons. The van der Waals surface area contributed by atoms with E-state index in [1.54, 1.807) is 31.1 Å². The summed E-state index contributed by atoms with van der Waals surface area (Å²) < 4.78 is 26.5. The van der Waals surface area contributed by atoms with Crippen LogP contribution in [0.25, 0.3) is 11.2 Å². The highest BCUT2D eigenvalue weighted by Gasteiger charge is 2.23. The Balaban J connectivity index is 1.68. The number of hydrogen-bond acceptors (Lipinski definition) is 9. The monoisotopic (exact) mass is 380 g/mol. The summed E-state index contributed by atoms with van der Waals surface area (Å²) in [6.45, 7) is 5.04. The van der Waals surface area contributed by atoms with Crippen LogP contribution in [-0.4, -0.2) is 53.9 Å². The normalized spacial score (nSPS) is 12.1. The van der Waals surface area contributed by atoms with Gasteiger partial charge in [-0.25, -0.2) is 15.0 Å². The van der Waals surface area contributed by atoms with Crippen LogP contribution in [0, 0.1) is 0 Å². The van der Waals surface area contributed by atoms with E-state index >= 15 is 0 Å². The molecule has 3 heterocycles. The second-order valence-electron chi connectivity index (χ2n) is 5.45.